The summed E-state index contributed by atoms with van der Waals surface area (Å²) < 4.78 is 12.9. The van der Waals surface area contributed by atoms with Gasteiger partial charge in [-0.05, 0) is 50.6 Å². The van der Waals surface area contributed by atoms with Gasteiger partial charge in [0.2, 0.25) is 5.91 Å². The summed E-state index contributed by atoms with van der Waals surface area (Å²) in [4.78, 5) is 32.4. The summed E-state index contributed by atoms with van der Waals surface area (Å²) in [5, 5.41) is 1.15. The lowest BCUT2D eigenvalue weighted by Crippen LogP contribution is -2.32. The Morgan fingerprint density at radius 1 is 1.16 bits per heavy atom. The van der Waals surface area contributed by atoms with Gasteiger partial charge in [-0.25, -0.2) is 4.98 Å². The van der Waals surface area contributed by atoms with Crippen LogP contribution in [0.25, 0.3) is 10.9 Å². The van der Waals surface area contributed by atoms with Gasteiger partial charge in [-0.3, -0.25) is 14.2 Å². The smallest absolute Gasteiger partial charge is 0.262 e. The van der Waals surface area contributed by atoms with Crippen LogP contribution in [0.1, 0.15) is 32.4 Å². The van der Waals surface area contributed by atoms with Crippen molar-refractivity contribution in [3.8, 4) is 11.5 Å². The predicted molar refractivity (Wildman–Crippen MR) is 126 cm³/mol. The lowest BCUT2D eigenvalue weighted by molar-refractivity contribution is -0.128. The van der Waals surface area contributed by atoms with Gasteiger partial charge in [0.1, 0.15) is 13.2 Å². The molecule has 0 radical (unpaired) electrons. The summed E-state index contributed by atoms with van der Waals surface area (Å²) in [7, 11) is 0. The fraction of sp³-hybridized carbons (Fsp3) is 0.375. The zero-order valence-electron chi connectivity index (χ0n) is 18.5. The van der Waals surface area contributed by atoms with Crippen molar-refractivity contribution in [2.75, 3.05) is 25.5 Å². The fourth-order valence-electron chi connectivity index (χ4n) is 3.68. The molecule has 1 aromatic heterocycles. The van der Waals surface area contributed by atoms with E-state index in [1.807, 2.05) is 57.2 Å². The van der Waals surface area contributed by atoms with Crippen molar-refractivity contribution in [2.24, 2.45) is 0 Å². The zero-order chi connectivity index (χ0) is 22.7. The first-order chi connectivity index (χ1) is 15.5. The summed E-state index contributed by atoms with van der Waals surface area (Å²) in [6, 6.07) is 13.0. The lowest BCUT2D eigenvalue weighted by Gasteiger charge is -2.23. The Bertz CT molecular complexity index is 1190. The van der Waals surface area contributed by atoms with Gasteiger partial charge in [0.15, 0.2) is 16.7 Å². The summed E-state index contributed by atoms with van der Waals surface area (Å²) in [6.45, 7) is 7.99. The molecule has 1 amide bonds. The van der Waals surface area contributed by atoms with Crippen LogP contribution in [0.5, 0.6) is 11.5 Å². The van der Waals surface area contributed by atoms with Crippen LogP contribution in [0.2, 0.25) is 0 Å². The number of ether oxygens (including phenoxy) is 2. The van der Waals surface area contributed by atoms with Crippen molar-refractivity contribution in [3.05, 3.63) is 58.4 Å². The van der Waals surface area contributed by atoms with E-state index in [4.69, 9.17) is 9.47 Å². The minimum Gasteiger partial charge on any atom is -0.486 e. The molecule has 1 aliphatic rings. The highest BCUT2D eigenvalue weighted by Crippen LogP contribution is 2.31. The lowest BCUT2D eigenvalue weighted by atomic mass is 10.2. The van der Waals surface area contributed by atoms with Crippen molar-refractivity contribution in [3.63, 3.8) is 0 Å². The Kier molecular flexibility index (Phi) is 6.69. The van der Waals surface area contributed by atoms with E-state index in [0.717, 1.165) is 11.3 Å². The number of carbonyl (C=O) groups excluding carboxylic acids is 1. The Morgan fingerprint density at radius 3 is 2.66 bits per heavy atom. The van der Waals surface area contributed by atoms with Crippen LogP contribution < -0.4 is 15.0 Å². The van der Waals surface area contributed by atoms with Gasteiger partial charge < -0.3 is 14.4 Å². The SMILES string of the molecule is CCN(Cc1ccc2c(c1)OCCO2)C(=O)CSc1nc2ccccc2c(=O)n1C(C)C. The average Bonchev–Trinajstić information content (AvgIpc) is 2.80. The molecule has 0 bridgehead atoms. The van der Waals surface area contributed by atoms with E-state index >= 15 is 0 Å². The molecular weight excluding hydrogens is 426 g/mol. The number of benzene rings is 2. The van der Waals surface area contributed by atoms with Crippen molar-refractivity contribution in [2.45, 2.75) is 38.5 Å². The maximum Gasteiger partial charge on any atom is 0.262 e. The third kappa shape index (κ3) is 4.60. The largest absolute Gasteiger partial charge is 0.486 e. The minimum atomic E-state index is -0.0795. The molecule has 4 rings (SSSR count). The molecule has 0 fully saturated rings. The summed E-state index contributed by atoms with van der Waals surface area (Å²) >= 11 is 1.31. The Labute approximate surface area is 191 Å². The normalized spacial score (nSPS) is 12.9. The molecule has 7 nitrogen and oxygen atoms in total. The van der Waals surface area contributed by atoms with Gasteiger partial charge in [-0.1, -0.05) is 30.0 Å². The van der Waals surface area contributed by atoms with E-state index in [1.165, 1.54) is 11.8 Å². The van der Waals surface area contributed by atoms with E-state index in [1.54, 1.807) is 15.5 Å². The molecular formula is C24H27N3O4S. The van der Waals surface area contributed by atoms with Gasteiger partial charge in [-0.2, -0.15) is 0 Å². The second-order valence-electron chi connectivity index (χ2n) is 7.86. The standard InChI is InChI=1S/C24H27N3O4S/c1-4-26(14-17-9-10-20-21(13-17)31-12-11-30-20)22(28)15-32-24-25-19-8-6-5-7-18(19)23(29)27(24)16(2)3/h5-10,13,16H,4,11-12,14-15H2,1-3H3. The van der Waals surface area contributed by atoms with Crippen LogP contribution in [0.15, 0.2) is 52.4 Å². The van der Waals surface area contributed by atoms with Crippen LogP contribution in [0.4, 0.5) is 0 Å². The number of aromatic nitrogens is 2. The van der Waals surface area contributed by atoms with Gasteiger partial charge in [0, 0.05) is 19.1 Å². The molecule has 168 valence electrons. The highest BCUT2D eigenvalue weighted by atomic mass is 32.2. The van der Waals surface area contributed by atoms with Gasteiger partial charge in [-0.15, -0.1) is 0 Å². The monoisotopic (exact) mass is 453 g/mol. The molecule has 0 N–H and O–H groups in total. The second-order valence-corrected chi connectivity index (χ2v) is 8.80. The number of rotatable bonds is 7. The quantitative estimate of drug-likeness (QED) is 0.399. The molecule has 1 aliphatic heterocycles. The molecule has 3 aromatic rings. The van der Waals surface area contributed by atoms with Crippen LogP contribution in [-0.2, 0) is 11.3 Å². The maximum atomic E-state index is 13.0. The first-order valence-corrected chi connectivity index (χ1v) is 11.8. The van der Waals surface area contributed by atoms with Gasteiger partial charge in [0.05, 0.1) is 16.7 Å². The molecule has 0 saturated carbocycles. The number of hydrogen-bond acceptors (Lipinski definition) is 6. The summed E-state index contributed by atoms with van der Waals surface area (Å²) in [6.07, 6.45) is 0. The number of amides is 1. The van der Waals surface area contributed by atoms with Gasteiger partial charge in [0.25, 0.3) is 5.56 Å². The number of thioether (sulfide) groups is 1. The molecule has 0 atom stereocenters. The number of fused-ring (bicyclic) bond motifs is 2. The first-order valence-electron chi connectivity index (χ1n) is 10.8. The van der Waals surface area contributed by atoms with Crippen molar-refractivity contribution < 1.29 is 14.3 Å². The van der Waals surface area contributed by atoms with E-state index in [-0.39, 0.29) is 23.3 Å². The highest BCUT2D eigenvalue weighted by molar-refractivity contribution is 7.99. The Morgan fingerprint density at radius 2 is 1.91 bits per heavy atom. The summed E-state index contributed by atoms with van der Waals surface area (Å²) in [5.74, 6) is 1.65. The van der Waals surface area contributed by atoms with E-state index in [2.05, 4.69) is 4.98 Å². The highest BCUT2D eigenvalue weighted by Gasteiger charge is 2.19. The van der Waals surface area contributed by atoms with Crippen molar-refractivity contribution in [1.82, 2.24) is 14.5 Å². The first kappa shape index (κ1) is 22.2. The molecule has 2 aromatic carbocycles. The second kappa shape index (κ2) is 9.65. The van der Waals surface area contributed by atoms with E-state index in [0.29, 0.717) is 48.1 Å². The summed E-state index contributed by atoms with van der Waals surface area (Å²) in [5.41, 5.74) is 1.55. The van der Waals surface area contributed by atoms with Crippen LogP contribution in [0, 0.1) is 0 Å². The third-order valence-corrected chi connectivity index (χ3v) is 6.27. The molecule has 0 unspecified atom stereocenters. The zero-order valence-corrected chi connectivity index (χ0v) is 19.4. The average molecular weight is 454 g/mol. The Hall–Kier alpha value is -3.00. The third-order valence-electron chi connectivity index (χ3n) is 5.33. The fourth-order valence-corrected chi connectivity index (χ4v) is 4.71. The molecule has 0 aliphatic carbocycles. The van der Waals surface area contributed by atoms with Crippen LogP contribution in [0.3, 0.4) is 0 Å². The molecule has 8 heteroatoms. The maximum absolute atomic E-state index is 13.0. The molecule has 0 spiro atoms. The molecule has 2 heterocycles. The number of nitrogens with zero attached hydrogens (tertiary/aromatic N) is 3. The molecule has 32 heavy (non-hydrogen) atoms. The topological polar surface area (TPSA) is 73.7 Å². The molecule has 0 saturated heterocycles. The van der Waals surface area contributed by atoms with Crippen LogP contribution >= 0.6 is 11.8 Å². The number of para-hydroxylation sites is 1. The number of hydrogen-bond donors (Lipinski definition) is 0. The minimum absolute atomic E-state index is 0.00916. The van der Waals surface area contributed by atoms with Crippen LogP contribution in [-0.4, -0.2) is 45.9 Å². The van der Waals surface area contributed by atoms with Crippen molar-refractivity contribution >= 4 is 28.6 Å². The van der Waals surface area contributed by atoms with Crippen molar-refractivity contribution in [1.29, 1.82) is 0 Å². The Balaban J connectivity index is 1.50. The van der Waals surface area contributed by atoms with E-state index in [9.17, 15) is 9.59 Å². The predicted octanol–water partition coefficient (Wildman–Crippen LogP) is 3.89. The van der Waals surface area contributed by atoms with Gasteiger partial charge >= 0.3 is 0 Å². The van der Waals surface area contributed by atoms with E-state index < -0.39 is 0 Å². The number of carbonyl (C=O) groups is 1.